The molecule has 0 aliphatic carbocycles. The van der Waals surface area contributed by atoms with Crippen LogP contribution in [0.15, 0.2) is 30.3 Å². The lowest BCUT2D eigenvalue weighted by Crippen LogP contribution is -2.52. The van der Waals surface area contributed by atoms with Gasteiger partial charge in [0.1, 0.15) is 0 Å². The number of ether oxygens (including phenoxy) is 1. The summed E-state index contributed by atoms with van der Waals surface area (Å²) in [4.78, 5) is 38.4. The Balaban J connectivity index is 1.75. The molecule has 0 spiro atoms. The fourth-order valence-electron chi connectivity index (χ4n) is 2.79. The van der Waals surface area contributed by atoms with Crippen molar-refractivity contribution < 1.29 is 24.2 Å². The minimum Gasteiger partial charge on any atom is -0.479 e. The summed E-state index contributed by atoms with van der Waals surface area (Å²) < 4.78 is 5.29. The molecule has 1 heterocycles. The van der Waals surface area contributed by atoms with Gasteiger partial charge in [-0.1, -0.05) is 30.3 Å². The zero-order valence-corrected chi connectivity index (χ0v) is 15.1. The summed E-state index contributed by atoms with van der Waals surface area (Å²) >= 11 is 0. The van der Waals surface area contributed by atoms with Crippen LogP contribution in [0.5, 0.6) is 0 Å². The lowest BCUT2D eigenvalue weighted by molar-refractivity contribution is -0.166. The summed E-state index contributed by atoms with van der Waals surface area (Å²) in [5, 5.41) is 11.8. The van der Waals surface area contributed by atoms with Gasteiger partial charge in [0, 0.05) is 33.1 Å². The predicted octanol–water partition coefficient (Wildman–Crippen LogP) is 0.919. The fourth-order valence-corrected chi connectivity index (χ4v) is 2.79. The zero-order chi connectivity index (χ0) is 19.1. The van der Waals surface area contributed by atoms with E-state index in [1.165, 1.54) is 9.80 Å². The van der Waals surface area contributed by atoms with Crippen LogP contribution in [-0.4, -0.2) is 71.7 Å². The molecule has 8 heteroatoms. The van der Waals surface area contributed by atoms with Gasteiger partial charge in [-0.3, -0.25) is 4.79 Å². The minimum atomic E-state index is -1.08. The molecule has 1 aliphatic heterocycles. The number of morpholine rings is 1. The average Bonchev–Trinajstić information content (AvgIpc) is 2.61. The maximum atomic E-state index is 12.3. The van der Waals surface area contributed by atoms with Gasteiger partial charge in [0.2, 0.25) is 5.91 Å². The molecule has 1 fully saturated rings. The van der Waals surface area contributed by atoms with E-state index in [0.717, 1.165) is 5.56 Å². The van der Waals surface area contributed by atoms with Crippen molar-refractivity contribution in [2.75, 3.05) is 26.7 Å². The molecule has 1 aromatic carbocycles. The number of carbonyl (C=O) groups excluding carboxylic acids is 2. The third kappa shape index (κ3) is 5.73. The number of aliphatic carboxylic acids is 1. The average molecular weight is 363 g/mol. The van der Waals surface area contributed by atoms with Gasteiger partial charge >= 0.3 is 12.0 Å². The fraction of sp³-hybridized carbons (Fsp3) is 0.500. The molecule has 1 aromatic rings. The molecule has 8 nitrogen and oxygen atoms in total. The van der Waals surface area contributed by atoms with E-state index in [0.29, 0.717) is 13.1 Å². The summed E-state index contributed by atoms with van der Waals surface area (Å²) in [6.07, 6.45) is -1.22. The van der Waals surface area contributed by atoms with Gasteiger partial charge in [0.25, 0.3) is 0 Å². The molecule has 2 rings (SSSR count). The van der Waals surface area contributed by atoms with Crippen LogP contribution in [0.4, 0.5) is 4.79 Å². The van der Waals surface area contributed by atoms with Crippen molar-refractivity contribution in [2.45, 2.75) is 32.1 Å². The van der Waals surface area contributed by atoms with Crippen molar-refractivity contribution in [3.05, 3.63) is 35.9 Å². The largest absolute Gasteiger partial charge is 0.479 e. The van der Waals surface area contributed by atoms with Gasteiger partial charge in [-0.05, 0) is 12.5 Å². The van der Waals surface area contributed by atoms with Gasteiger partial charge in [-0.15, -0.1) is 0 Å². The van der Waals surface area contributed by atoms with Crippen molar-refractivity contribution in [1.82, 2.24) is 15.1 Å². The molecular weight excluding hydrogens is 338 g/mol. The molecule has 3 amide bonds. The molecule has 0 bridgehead atoms. The number of nitrogens with zero attached hydrogens (tertiary/aromatic N) is 2. The van der Waals surface area contributed by atoms with E-state index in [2.05, 4.69) is 5.32 Å². The van der Waals surface area contributed by atoms with Crippen molar-refractivity contribution in [2.24, 2.45) is 0 Å². The highest BCUT2D eigenvalue weighted by atomic mass is 16.5. The smallest absolute Gasteiger partial charge is 0.334 e. The van der Waals surface area contributed by atoms with Gasteiger partial charge in [-0.2, -0.15) is 0 Å². The highest BCUT2D eigenvalue weighted by molar-refractivity contribution is 5.80. The maximum absolute atomic E-state index is 12.3. The number of carboxylic acid groups (broad SMARTS) is 1. The van der Waals surface area contributed by atoms with Crippen LogP contribution >= 0.6 is 0 Å². The Morgan fingerprint density at radius 2 is 1.96 bits per heavy atom. The number of rotatable bonds is 6. The predicted molar refractivity (Wildman–Crippen MR) is 94.5 cm³/mol. The summed E-state index contributed by atoms with van der Waals surface area (Å²) in [5.74, 6) is -1.28. The molecule has 0 saturated carbocycles. The number of hydrogen-bond acceptors (Lipinski definition) is 4. The van der Waals surface area contributed by atoms with Gasteiger partial charge in [0.15, 0.2) is 6.10 Å². The highest BCUT2D eigenvalue weighted by Gasteiger charge is 2.32. The second kappa shape index (κ2) is 9.19. The van der Waals surface area contributed by atoms with E-state index in [9.17, 15) is 14.4 Å². The van der Waals surface area contributed by atoms with Crippen LogP contribution in [-0.2, 0) is 20.9 Å². The lowest BCUT2D eigenvalue weighted by atomic mass is 10.2. The highest BCUT2D eigenvalue weighted by Crippen LogP contribution is 2.12. The molecule has 0 radical (unpaired) electrons. The molecule has 142 valence electrons. The van der Waals surface area contributed by atoms with Crippen molar-refractivity contribution in [1.29, 1.82) is 0 Å². The number of urea groups is 1. The van der Waals surface area contributed by atoms with E-state index < -0.39 is 12.1 Å². The third-order valence-electron chi connectivity index (χ3n) is 4.11. The van der Waals surface area contributed by atoms with Crippen molar-refractivity contribution in [3.8, 4) is 0 Å². The molecule has 2 N–H and O–H groups in total. The normalized spacial score (nSPS) is 19.7. The summed E-state index contributed by atoms with van der Waals surface area (Å²) in [7, 11) is 1.69. The summed E-state index contributed by atoms with van der Waals surface area (Å²) in [5.41, 5.74) is 1.02. The van der Waals surface area contributed by atoms with Gasteiger partial charge < -0.3 is 25.0 Å². The molecule has 26 heavy (non-hydrogen) atoms. The first-order valence-electron chi connectivity index (χ1n) is 8.55. The first-order chi connectivity index (χ1) is 12.4. The van der Waals surface area contributed by atoms with E-state index in [4.69, 9.17) is 9.84 Å². The van der Waals surface area contributed by atoms with E-state index in [-0.39, 0.29) is 37.6 Å². The first kappa shape index (κ1) is 19.7. The quantitative estimate of drug-likeness (QED) is 0.783. The second-order valence-corrected chi connectivity index (χ2v) is 6.40. The Bertz CT molecular complexity index is 637. The molecule has 2 atom stereocenters. The summed E-state index contributed by atoms with van der Waals surface area (Å²) in [6.45, 7) is 2.78. The van der Waals surface area contributed by atoms with Crippen molar-refractivity contribution >= 4 is 17.9 Å². The Morgan fingerprint density at radius 1 is 1.27 bits per heavy atom. The van der Waals surface area contributed by atoms with Crippen LogP contribution in [0, 0.1) is 0 Å². The molecule has 1 aliphatic rings. The summed E-state index contributed by atoms with van der Waals surface area (Å²) in [6, 6.07) is 9.34. The van der Waals surface area contributed by atoms with E-state index >= 15 is 0 Å². The number of carboxylic acids is 1. The lowest BCUT2D eigenvalue weighted by Gasteiger charge is -2.35. The molecule has 0 aromatic heterocycles. The third-order valence-corrected chi connectivity index (χ3v) is 4.11. The van der Waals surface area contributed by atoms with Crippen LogP contribution in [0.3, 0.4) is 0 Å². The first-order valence-corrected chi connectivity index (χ1v) is 8.55. The maximum Gasteiger partial charge on any atom is 0.334 e. The van der Waals surface area contributed by atoms with Crippen LogP contribution in [0.25, 0.3) is 0 Å². The number of nitrogens with one attached hydrogen (secondary N) is 1. The Kier molecular flexibility index (Phi) is 6.97. The number of carbonyl (C=O) groups is 3. The Morgan fingerprint density at radius 3 is 2.62 bits per heavy atom. The second-order valence-electron chi connectivity index (χ2n) is 6.40. The number of hydrogen-bond donors (Lipinski definition) is 2. The van der Waals surface area contributed by atoms with Crippen LogP contribution in [0.1, 0.15) is 18.9 Å². The van der Waals surface area contributed by atoms with Crippen LogP contribution in [0.2, 0.25) is 0 Å². The van der Waals surface area contributed by atoms with Crippen molar-refractivity contribution in [3.63, 3.8) is 0 Å². The van der Waals surface area contributed by atoms with E-state index in [1.807, 2.05) is 30.3 Å². The van der Waals surface area contributed by atoms with Gasteiger partial charge in [0.05, 0.1) is 12.6 Å². The molecule has 1 saturated heterocycles. The van der Waals surface area contributed by atoms with E-state index in [1.54, 1.807) is 14.0 Å². The monoisotopic (exact) mass is 363 g/mol. The zero-order valence-electron chi connectivity index (χ0n) is 15.1. The number of benzene rings is 1. The topological polar surface area (TPSA) is 99.2 Å². The standard InChI is InChI=1S/C18H25N3O5/c1-13-10-21(12-15(26-13)17(23)24)16(22)8-9-19-18(25)20(2)11-14-6-4-3-5-7-14/h3-7,13,15H,8-12H2,1-2H3,(H,19,25)(H,23,24)/t13-,15?/m1/s1. The van der Waals surface area contributed by atoms with Crippen LogP contribution < -0.4 is 5.32 Å². The molecular formula is C18H25N3O5. The van der Waals surface area contributed by atoms with Gasteiger partial charge in [-0.25, -0.2) is 9.59 Å². The molecule has 1 unspecified atom stereocenters. The Hall–Kier alpha value is -2.61. The minimum absolute atomic E-state index is 0.0281. The Labute approximate surface area is 152 Å². The number of amides is 3. The SMILES string of the molecule is C[C@@H]1CN(C(=O)CCNC(=O)N(C)Cc2ccccc2)CC(C(=O)O)O1.